The van der Waals surface area contributed by atoms with Crippen molar-refractivity contribution in [3.8, 4) is 6.07 Å². The fraction of sp³-hybridized carbons (Fsp3) is 0.818. The van der Waals surface area contributed by atoms with E-state index in [0.29, 0.717) is 26.4 Å². The Kier molecular flexibility index (Phi) is 3.75. The molecular weight excluding hydrogens is 208 g/mol. The molecule has 2 unspecified atom stereocenters. The molecule has 0 aromatic heterocycles. The van der Waals surface area contributed by atoms with E-state index in [0.717, 1.165) is 19.4 Å². The lowest BCUT2D eigenvalue weighted by molar-refractivity contribution is -0.159. The molecule has 2 rings (SSSR count). The predicted molar refractivity (Wildman–Crippen MR) is 55.5 cm³/mol. The van der Waals surface area contributed by atoms with Crippen molar-refractivity contribution < 1.29 is 14.3 Å². The van der Waals surface area contributed by atoms with E-state index in [1.807, 2.05) is 0 Å². The average Bonchev–Trinajstić information content (AvgIpc) is 2.39. The smallest absolute Gasteiger partial charge is 0.254 e. The van der Waals surface area contributed by atoms with Gasteiger partial charge in [-0.25, -0.2) is 0 Å². The lowest BCUT2D eigenvalue weighted by atomic mass is 9.99. The zero-order chi connectivity index (χ0) is 11.4. The maximum atomic E-state index is 12.0. The number of ether oxygens (including phenoxy) is 2. The van der Waals surface area contributed by atoms with Gasteiger partial charge in [0.25, 0.3) is 5.91 Å². The van der Waals surface area contributed by atoms with Crippen molar-refractivity contribution in [2.24, 2.45) is 5.92 Å². The Morgan fingerprint density at radius 3 is 3.00 bits per heavy atom. The highest BCUT2D eigenvalue weighted by atomic mass is 16.6. The number of piperidine rings is 1. The van der Waals surface area contributed by atoms with Gasteiger partial charge < -0.3 is 14.4 Å². The number of carbonyl (C=O) groups excluding carboxylic acids is 1. The van der Waals surface area contributed by atoms with Crippen molar-refractivity contribution in [1.29, 1.82) is 5.26 Å². The fourth-order valence-corrected chi connectivity index (χ4v) is 2.12. The number of hydrogen-bond donors (Lipinski definition) is 0. The maximum Gasteiger partial charge on any atom is 0.254 e. The topological polar surface area (TPSA) is 62.6 Å². The first-order valence-electron chi connectivity index (χ1n) is 5.69. The first kappa shape index (κ1) is 11.4. The van der Waals surface area contributed by atoms with Crippen LogP contribution in [0, 0.1) is 17.2 Å². The summed E-state index contributed by atoms with van der Waals surface area (Å²) in [7, 11) is 0. The summed E-state index contributed by atoms with van der Waals surface area (Å²) < 4.78 is 10.6. The SMILES string of the molecule is N#CC1CCCN(C(=O)C2COCCO2)C1. The van der Waals surface area contributed by atoms with Crippen LogP contribution in [-0.4, -0.2) is 49.8 Å². The minimum atomic E-state index is -0.466. The van der Waals surface area contributed by atoms with Crippen LogP contribution in [0.1, 0.15) is 12.8 Å². The Morgan fingerprint density at radius 1 is 1.44 bits per heavy atom. The number of amides is 1. The molecule has 0 aromatic carbocycles. The molecular formula is C11H16N2O3. The predicted octanol–water partition coefficient (Wildman–Crippen LogP) is 0.164. The molecule has 1 amide bonds. The van der Waals surface area contributed by atoms with Crippen molar-refractivity contribution in [2.75, 3.05) is 32.9 Å². The molecule has 0 aliphatic carbocycles. The van der Waals surface area contributed by atoms with E-state index in [-0.39, 0.29) is 11.8 Å². The summed E-state index contributed by atoms with van der Waals surface area (Å²) in [4.78, 5) is 13.8. The highest BCUT2D eigenvalue weighted by Crippen LogP contribution is 2.17. The number of hydrogen-bond acceptors (Lipinski definition) is 4. The lowest BCUT2D eigenvalue weighted by Crippen LogP contribution is -2.48. The van der Waals surface area contributed by atoms with E-state index in [9.17, 15) is 4.79 Å². The van der Waals surface area contributed by atoms with Crippen molar-refractivity contribution in [2.45, 2.75) is 18.9 Å². The second kappa shape index (κ2) is 5.28. The highest BCUT2D eigenvalue weighted by molar-refractivity contribution is 5.81. The standard InChI is InChI=1S/C11H16N2O3/c12-6-9-2-1-3-13(7-9)11(14)10-8-15-4-5-16-10/h9-10H,1-5,7-8H2. The quantitative estimate of drug-likeness (QED) is 0.636. The maximum absolute atomic E-state index is 12.0. The van der Waals surface area contributed by atoms with Crippen LogP contribution in [0.5, 0.6) is 0 Å². The van der Waals surface area contributed by atoms with Gasteiger partial charge in [-0.05, 0) is 12.8 Å². The second-order valence-electron chi connectivity index (χ2n) is 4.19. The summed E-state index contributed by atoms with van der Waals surface area (Å²) in [6.45, 7) is 2.65. The number of carbonyl (C=O) groups is 1. The zero-order valence-corrected chi connectivity index (χ0v) is 9.22. The normalized spacial score (nSPS) is 30.8. The van der Waals surface area contributed by atoms with Crippen LogP contribution in [0.15, 0.2) is 0 Å². The summed E-state index contributed by atoms with van der Waals surface area (Å²) in [5.74, 6) is -0.0538. The Morgan fingerprint density at radius 2 is 2.31 bits per heavy atom. The molecule has 0 bridgehead atoms. The number of likely N-dealkylation sites (tertiary alicyclic amines) is 1. The van der Waals surface area contributed by atoms with Gasteiger partial charge in [-0.1, -0.05) is 0 Å². The van der Waals surface area contributed by atoms with Crippen LogP contribution in [0.2, 0.25) is 0 Å². The van der Waals surface area contributed by atoms with Gasteiger partial charge in [-0.2, -0.15) is 5.26 Å². The average molecular weight is 224 g/mol. The van der Waals surface area contributed by atoms with Crippen LogP contribution in [0.3, 0.4) is 0 Å². The molecule has 2 fully saturated rings. The molecule has 5 nitrogen and oxygen atoms in total. The van der Waals surface area contributed by atoms with Crippen molar-refractivity contribution in [3.05, 3.63) is 0 Å². The molecule has 0 aromatic rings. The van der Waals surface area contributed by atoms with Gasteiger partial charge in [0.05, 0.1) is 31.8 Å². The monoisotopic (exact) mass is 224 g/mol. The molecule has 0 radical (unpaired) electrons. The Balaban J connectivity index is 1.90. The number of rotatable bonds is 1. The minimum Gasteiger partial charge on any atom is -0.376 e. The van der Waals surface area contributed by atoms with Crippen LogP contribution in [-0.2, 0) is 14.3 Å². The van der Waals surface area contributed by atoms with Crippen molar-refractivity contribution in [1.82, 2.24) is 4.90 Å². The minimum absolute atomic E-state index is 0.0257. The molecule has 88 valence electrons. The van der Waals surface area contributed by atoms with Crippen molar-refractivity contribution >= 4 is 5.91 Å². The molecule has 0 spiro atoms. The number of nitriles is 1. The van der Waals surface area contributed by atoms with Crippen LogP contribution < -0.4 is 0 Å². The second-order valence-corrected chi connectivity index (χ2v) is 4.19. The van der Waals surface area contributed by atoms with Gasteiger partial charge in [-0.3, -0.25) is 4.79 Å². The highest BCUT2D eigenvalue weighted by Gasteiger charge is 2.30. The van der Waals surface area contributed by atoms with E-state index in [2.05, 4.69) is 6.07 Å². The van der Waals surface area contributed by atoms with Crippen LogP contribution in [0.4, 0.5) is 0 Å². The van der Waals surface area contributed by atoms with Crippen molar-refractivity contribution in [3.63, 3.8) is 0 Å². The van der Waals surface area contributed by atoms with E-state index in [1.165, 1.54) is 0 Å². The van der Waals surface area contributed by atoms with Crippen LogP contribution in [0.25, 0.3) is 0 Å². The van der Waals surface area contributed by atoms with Crippen LogP contribution >= 0.6 is 0 Å². The van der Waals surface area contributed by atoms with E-state index in [4.69, 9.17) is 14.7 Å². The summed E-state index contributed by atoms with van der Waals surface area (Å²) >= 11 is 0. The molecule has 2 saturated heterocycles. The third-order valence-electron chi connectivity index (χ3n) is 3.01. The summed E-state index contributed by atoms with van der Waals surface area (Å²) in [5, 5.41) is 8.86. The van der Waals surface area contributed by atoms with Gasteiger partial charge in [0.15, 0.2) is 6.10 Å². The summed E-state index contributed by atoms with van der Waals surface area (Å²) in [6.07, 6.45) is 1.33. The first-order valence-corrected chi connectivity index (χ1v) is 5.69. The van der Waals surface area contributed by atoms with Gasteiger partial charge in [-0.15, -0.1) is 0 Å². The van der Waals surface area contributed by atoms with E-state index >= 15 is 0 Å². The molecule has 2 atom stereocenters. The molecule has 16 heavy (non-hydrogen) atoms. The molecule has 2 aliphatic heterocycles. The zero-order valence-electron chi connectivity index (χ0n) is 9.22. The Bertz CT molecular complexity index is 294. The first-order chi connectivity index (χ1) is 7.81. The third kappa shape index (κ3) is 2.52. The van der Waals surface area contributed by atoms with Gasteiger partial charge in [0, 0.05) is 13.1 Å². The third-order valence-corrected chi connectivity index (χ3v) is 3.01. The lowest BCUT2D eigenvalue weighted by Gasteiger charge is -2.33. The molecule has 2 aliphatic rings. The molecule has 0 N–H and O–H groups in total. The molecule has 5 heteroatoms. The van der Waals surface area contributed by atoms with E-state index < -0.39 is 6.10 Å². The number of nitrogens with zero attached hydrogens (tertiary/aromatic N) is 2. The Hall–Kier alpha value is -1.12. The largest absolute Gasteiger partial charge is 0.376 e. The molecule has 2 heterocycles. The van der Waals surface area contributed by atoms with Gasteiger partial charge >= 0.3 is 0 Å². The fourth-order valence-electron chi connectivity index (χ4n) is 2.12. The van der Waals surface area contributed by atoms with Gasteiger partial charge in [0.1, 0.15) is 0 Å². The summed E-state index contributed by atoms with van der Waals surface area (Å²) in [5.41, 5.74) is 0. The van der Waals surface area contributed by atoms with E-state index in [1.54, 1.807) is 4.90 Å². The Labute approximate surface area is 94.9 Å². The summed E-state index contributed by atoms with van der Waals surface area (Å²) in [6, 6.07) is 2.23. The van der Waals surface area contributed by atoms with Gasteiger partial charge in [0.2, 0.25) is 0 Å². The molecule has 0 saturated carbocycles.